The molecule has 1 aromatic carbocycles. The molecule has 4 unspecified atom stereocenters. The van der Waals surface area contributed by atoms with Crippen LogP contribution in [0.3, 0.4) is 0 Å². The summed E-state index contributed by atoms with van der Waals surface area (Å²) in [6.45, 7) is 1.71. The van der Waals surface area contributed by atoms with E-state index in [0.717, 1.165) is 24.8 Å². The lowest BCUT2D eigenvalue weighted by Gasteiger charge is -2.29. The van der Waals surface area contributed by atoms with Gasteiger partial charge in [-0.3, -0.25) is 14.4 Å². The van der Waals surface area contributed by atoms with Gasteiger partial charge in [-0.15, -0.1) is 16.4 Å². The molecule has 0 bridgehead atoms. The number of benzene rings is 1. The van der Waals surface area contributed by atoms with Gasteiger partial charge in [-0.25, -0.2) is 9.78 Å². The molecular formula is C35H38N8O7S. The Morgan fingerprint density at radius 1 is 1.14 bits per heavy atom. The monoisotopic (exact) mass is 714 g/mol. The molecule has 1 saturated carbocycles. The van der Waals surface area contributed by atoms with E-state index in [1.165, 1.54) is 27.1 Å². The first-order valence-electron chi connectivity index (χ1n) is 16.9. The molecule has 3 aliphatic rings. The second-order valence-corrected chi connectivity index (χ2v) is 14.1. The van der Waals surface area contributed by atoms with Gasteiger partial charge in [-0.2, -0.15) is 9.90 Å². The van der Waals surface area contributed by atoms with E-state index in [-0.39, 0.29) is 31.0 Å². The normalized spacial score (nSPS) is 25.9. The summed E-state index contributed by atoms with van der Waals surface area (Å²) in [7, 11) is 1.59. The summed E-state index contributed by atoms with van der Waals surface area (Å²) in [5.74, 6) is -1.97. The van der Waals surface area contributed by atoms with Crippen LogP contribution in [0.4, 0.5) is 0 Å². The van der Waals surface area contributed by atoms with Crippen LogP contribution >= 0.6 is 11.3 Å². The molecule has 15 nitrogen and oxygen atoms in total. The molecule has 0 spiro atoms. The Hall–Kier alpha value is -5.38. The van der Waals surface area contributed by atoms with Gasteiger partial charge in [-0.1, -0.05) is 30.2 Å². The van der Waals surface area contributed by atoms with E-state index >= 15 is 0 Å². The van der Waals surface area contributed by atoms with Crippen molar-refractivity contribution in [1.29, 1.82) is 0 Å². The molecule has 16 heteroatoms. The molecule has 266 valence electrons. The number of aromatic nitrogens is 5. The van der Waals surface area contributed by atoms with Gasteiger partial charge in [0.1, 0.15) is 45.5 Å². The van der Waals surface area contributed by atoms with E-state index in [2.05, 4.69) is 20.8 Å². The third-order valence-electron chi connectivity index (χ3n) is 9.76. The minimum absolute atomic E-state index is 0.0413. The van der Waals surface area contributed by atoms with Crippen LogP contribution in [0.1, 0.15) is 67.2 Å². The molecule has 3 aromatic heterocycles. The molecule has 2 fully saturated rings. The topological polar surface area (TPSA) is 195 Å². The van der Waals surface area contributed by atoms with E-state index in [9.17, 15) is 24.3 Å². The number of carboxylic acid groups (broad SMARTS) is 1. The van der Waals surface area contributed by atoms with Crippen LogP contribution in [0.5, 0.6) is 5.75 Å². The fraction of sp³-hybridized carbons (Fsp3) is 0.429. The minimum Gasteiger partial charge on any atom is -0.497 e. The fourth-order valence-electron chi connectivity index (χ4n) is 6.86. The SMILES string of the molecule is COc1ccc(-c2nn([C@@H]3CC4C(=O)NC5(C(=O)O)CC5/C=C\CCCCCC(NC(=O)c5cc(C)on5)C(=O)N4C3)nc2-c2nccs2)cc1. The Balaban J connectivity index is 1.24. The number of fused-ring (bicyclic) bond motifs is 2. The molecule has 51 heavy (non-hydrogen) atoms. The van der Waals surface area contributed by atoms with E-state index in [1.54, 1.807) is 20.2 Å². The molecule has 4 aromatic rings. The molecule has 1 saturated heterocycles. The van der Waals surface area contributed by atoms with Gasteiger partial charge in [0.15, 0.2) is 5.69 Å². The molecule has 3 N–H and O–H groups in total. The zero-order valence-electron chi connectivity index (χ0n) is 28.2. The molecule has 3 amide bonds. The van der Waals surface area contributed by atoms with Gasteiger partial charge in [0, 0.05) is 42.1 Å². The van der Waals surface area contributed by atoms with Crippen LogP contribution in [0.25, 0.3) is 22.0 Å². The van der Waals surface area contributed by atoms with Crippen molar-refractivity contribution in [2.75, 3.05) is 13.7 Å². The number of aliphatic carboxylic acids is 1. The Bertz CT molecular complexity index is 1960. The maximum atomic E-state index is 14.5. The highest BCUT2D eigenvalue weighted by Crippen LogP contribution is 2.46. The highest BCUT2D eigenvalue weighted by molar-refractivity contribution is 7.13. The standard InChI is InChI=1S/C35H38N8O7S/c1-20-16-26(41-50-20)30(44)37-25-9-7-5-3-4-6-8-22-18-35(22,34(47)48)38-31(45)27-17-23(19-42(27)33(25)46)43-39-28(21-10-12-24(49-2)13-11-21)29(40-43)32-36-14-15-51-32/h6,8,10-16,22-23,25,27H,3-5,7,9,17-19H2,1-2H3,(H,37,44)(H,38,45)(H,47,48)/b8-6-/t22?,23-,25?,27?,35?/m1/s1. The number of thiazole rings is 1. The second kappa shape index (κ2) is 14.1. The van der Waals surface area contributed by atoms with Gasteiger partial charge >= 0.3 is 5.97 Å². The molecule has 5 heterocycles. The summed E-state index contributed by atoms with van der Waals surface area (Å²) in [6, 6.07) is 6.29. The lowest BCUT2D eigenvalue weighted by atomic mass is 10.0. The van der Waals surface area contributed by atoms with Crippen molar-refractivity contribution in [3.8, 4) is 27.7 Å². The average Bonchev–Trinajstić information content (AvgIpc) is 3.74. The predicted molar refractivity (Wildman–Crippen MR) is 184 cm³/mol. The molecule has 2 aliphatic heterocycles. The van der Waals surface area contributed by atoms with Crippen LogP contribution in [-0.2, 0) is 14.4 Å². The third-order valence-corrected chi connectivity index (χ3v) is 10.5. The number of aryl methyl sites for hydroxylation is 1. The molecule has 0 radical (unpaired) electrons. The maximum absolute atomic E-state index is 14.5. The van der Waals surface area contributed by atoms with Crippen molar-refractivity contribution in [2.24, 2.45) is 5.92 Å². The number of hydrogen-bond acceptors (Lipinski definition) is 11. The van der Waals surface area contributed by atoms with E-state index in [0.29, 0.717) is 40.7 Å². The highest BCUT2D eigenvalue weighted by atomic mass is 32.1. The first kappa shape index (κ1) is 34.1. The lowest BCUT2D eigenvalue weighted by molar-refractivity contribution is -0.145. The van der Waals surface area contributed by atoms with Crippen molar-refractivity contribution in [3.05, 3.63) is 65.5 Å². The molecule has 7 rings (SSSR count). The van der Waals surface area contributed by atoms with Crippen molar-refractivity contribution in [1.82, 2.24) is 40.7 Å². The number of nitrogens with zero attached hydrogens (tertiary/aromatic N) is 6. The fourth-order valence-corrected chi connectivity index (χ4v) is 7.49. The van der Waals surface area contributed by atoms with Crippen LogP contribution < -0.4 is 15.4 Å². The highest BCUT2D eigenvalue weighted by Gasteiger charge is 2.61. The van der Waals surface area contributed by atoms with Crippen molar-refractivity contribution < 1.29 is 33.5 Å². The van der Waals surface area contributed by atoms with Crippen molar-refractivity contribution in [3.63, 3.8) is 0 Å². The number of rotatable bonds is 7. The summed E-state index contributed by atoms with van der Waals surface area (Å²) < 4.78 is 10.4. The van der Waals surface area contributed by atoms with Gasteiger partial charge in [0.05, 0.1) is 13.2 Å². The quantitative estimate of drug-likeness (QED) is 0.236. The van der Waals surface area contributed by atoms with E-state index < -0.39 is 47.4 Å². The number of ether oxygens (including phenoxy) is 1. The Kier molecular flexibility index (Phi) is 9.42. The van der Waals surface area contributed by atoms with Crippen molar-refractivity contribution >= 4 is 35.0 Å². The number of methoxy groups -OCH3 is 1. The number of nitrogens with one attached hydrogen (secondary N) is 2. The molecular weight excluding hydrogens is 677 g/mol. The van der Waals surface area contributed by atoms with Gasteiger partial charge in [-0.05, 0) is 56.9 Å². The number of carbonyl (C=O) groups excluding carboxylic acids is 3. The number of allylic oxidation sites excluding steroid dienone is 1. The predicted octanol–water partition coefficient (Wildman–Crippen LogP) is 3.79. The largest absolute Gasteiger partial charge is 0.497 e. The average molecular weight is 715 g/mol. The molecule has 1 aliphatic carbocycles. The van der Waals surface area contributed by atoms with Crippen molar-refractivity contribution in [2.45, 2.75) is 75.5 Å². The number of hydrogen-bond donors (Lipinski definition) is 3. The first-order chi connectivity index (χ1) is 24.7. The summed E-state index contributed by atoms with van der Waals surface area (Å²) in [6.07, 6.45) is 9.20. The zero-order chi connectivity index (χ0) is 35.7. The van der Waals surface area contributed by atoms with E-state index in [4.69, 9.17) is 19.5 Å². The maximum Gasteiger partial charge on any atom is 0.330 e. The summed E-state index contributed by atoms with van der Waals surface area (Å²) in [5, 5.41) is 31.9. The zero-order valence-corrected chi connectivity index (χ0v) is 29.0. The Morgan fingerprint density at radius 2 is 1.94 bits per heavy atom. The lowest BCUT2D eigenvalue weighted by Crippen LogP contribution is -2.56. The third kappa shape index (κ3) is 6.87. The summed E-state index contributed by atoms with van der Waals surface area (Å²) in [4.78, 5) is 61.8. The Morgan fingerprint density at radius 3 is 2.65 bits per heavy atom. The summed E-state index contributed by atoms with van der Waals surface area (Å²) >= 11 is 1.41. The number of amides is 3. The summed E-state index contributed by atoms with van der Waals surface area (Å²) in [5.41, 5.74) is 0.470. The first-order valence-corrected chi connectivity index (χ1v) is 17.8. The van der Waals surface area contributed by atoms with Crippen LogP contribution in [0.2, 0.25) is 0 Å². The van der Waals surface area contributed by atoms with Gasteiger partial charge in [0.25, 0.3) is 5.91 Å². The minimum atomic E-state index is -1.46. The number of carbonyl (C=O) groups is 4. The van der Waals surface area contributed by atoms with Gasteiger partial charge < -0.3 is 29.9 Å². The van der Waals surface area contributed by atoms with E-state index in [1.807, 2.05) is 41.8 Å². The number of carboxylic acids is 1. The van der Waals surface area contributed by atoms with Crippen LogP contribution in [0, 0.1) is 12.8 Å². The van der Waals surface area contributed by atoms with Crippen LogP contribution in [0.15, 0.2) is 58.6 Å². The molecule has 5 atom stereocenters. The van der Waals surface area contributed by atoms with Gasteiger partial charge in [0.2, 0.25) is 11.8 Å². The second-order valence-electron chi connectivity index (χ2n) is 13.2. The van der Waals surface area contributed by atoms with Crippen LogP contribution in [-0.4, -0.2) is 90.1 Å². The Labute approximate surface area is 297 Å². The smallest absolute Gasteiger partial charge is 0.330 e.